The molecule has 3 amide bonds. The van der Waals surface area contributed by atoms with Gasteiger partial charge in [-0.3, -0.25) is 14.9 Å². The lowest BCUT2D eigenvalue weighted by atomic mass is 9.82. The number of carboxylic acid groups (broad SMARTS) is 1. The Morgan fingerprint density at radius 3 is 2.15 bits per heavy atom. The molecule has 116 valence electrons. The van der Waals surface area contributed by atoms with Gasteiger partial charge < -0.3 is 10.4 Å². The molecule has 3 N–H and O–H groups in total. The zero-order valence-corrected chi connectivity index (χ0v) is 12.8. The summed E-state index contributed by atoms with van der Waals surface area (Å²) < 4.78 is 0. The molecule has 0 saturated carbocycles. The molecule has 0 heterocycles. The highest BCUT2D eigenvalue weighted by Crippen LogP contribution is 2.24. The molecule has 0 rings (SSSR count). The van der Waals surface area contributed by atoms with Crippen molar-refractivity contribution >= 4 is 17.9 Å². The molecule has 20 heavy (non-hydrogen) atoms. The van der Waals surface area contributed by atoms with Gasteiger partial charge in [-0.15, -0.1) is 0 Å². The van der Waals surface area contributed by atoms with E-state index in [0.717, 1.165) is 0 Å². The SMILES string of the molecule is CC(CNC(=O)NC(=O)CCCCC(=O)O)C(C)(C)C. The lowest BCUT2D eigenvalue weighted by Gasteiger charge is -2.27. The number of unbranched alkanes of at least 4 members (excludes halogenated alkanes) is 1. The number of hydrogen-bond acceptors (Lipinski definition) is 3. The molecule has 0 saturated heterocycles. The van der Waals surface area contributed by atoms with Crippen LogP contribution in [0.15, 0.2) is 0 Å². The molecule has 0 bridgehead atoms. The summed E-state index contributed by atoms with van der Waals surface area (Å²) in [4.78, 5) is 33.2. The molecule has 0 aromatic heterocycles. The third-order valence-electron chi connectivity index (χ3n) is 3.34. The maximum Gasteiger partial charge on any atom is 0.321 e. The zero-order chi connectivity index (χ0) is 15.8. The van der Waals surface area contributed by atoms with Crippen molar-refractivity contribution in [1.82, 2.24) is 10.6 Å². The van der Waals surface area contributed by atoms with E-state index in [9.17, 15) is 14.4 Å². The van der Waals surface area contributed by atoms with Crippen molar-refractivity contribution in [2.45, 2.75) is 53.4 Å². The van der Waals surface area contributed by atoms with Gasteiger partial charge in [0, 0.05) is 19.4 Å². The number of carboxylic acids is 1. The molecule has 0 aromatic rings. The molecule has 6 heteroatoms. The van der Waals surface area contributed by atoms with Gasteiger partial charge in [0.2, 0.25) is 5.91 Å². The number of hydrogen-bond donors (Lipinski definition) is 3. The van der Waals surface area contributed by atoms with Gasteiger partial charge in [0.25, 0.3) is 0 Å². The van der Waals surface area contributed by atoms with Gasteiger partial charge >= 0.3 is 12.0 Å². The second-order valence-electron chi connectivity index (χ2n) is 6.13. The average Bonchev–Trinajstić information content (AvgIpc) is 2.30. The molecule has 0 aliphatic rings. The fraction of sp³-hybridized carbons (Fsp3) is 0.786. The molecular formula is C14H26N2O4. The van der Waals surface area contributed by atoms with Gasteiger partial charge in [-0.05, 0) is 24.2 Å². The van der Waals surface area contributed by atoms with Crippen molar-refractivity contribution in [3.63, 3.8) is 0 Å². The molecule has 0 radical (unpaired) electrons. The highest BCUT2D eigenvalue weighted by Gasteiger charge is 2.20. The van der Waals surface area contributed by atoms with Crippen LogP contribution in [-0.4, -0.2) is 29.6 Å². The van der Waals surface area contributed by atoms with E-state index in [4.69, 9.17) is 5.11 Å². The number of aliphatic carboxylic acids is 1. The first-order chi connectivity index (χ1) is 9.12. The third-order valence-corrected chi connectivity index (χ3v) is 3.34. The van der Waals surface area contributed by atoms with Crippen molar-refractivity contribution in [3.8, 4) is 0 Å². The highest BCUT2D eigenvalue weighted by molar-refractivity contribution is 5.94. The van der Waals surface area contributed by atoms with Gasteiger partial charge in [-0.25, -0.2) is 4.79 Å². The minimum Gasteiger partial charge on any atom is -0.481 e. The summed E-state index contributed by atoms with van der Waals surface area (Å²) in [5.41, 5.74) is 0.0914. The average molecular weight is 286 g/mol. The van der Waals surface area contributed by atoms with E-state index in [-0.39, 0.29) is 24.2 Å². The summed E-state index contributed by atoms with van der Waals surface area (Å²) in [5, 5.41) is 13.3. The quantitative estimate of drug-likeness (QED) is 0.625. The first-order valence-corrected chi connectivity index (χ1v) is 6.92. The van der Waals surface area contributed by atoms with Gasteiger partial charge in [-0.2, -0.15) is 0 Å². The van der Waals surface area contributed by atoms with Crippen molar-refractivity contribution in [3.05, 3.63) is 0 Å². The van der Waals surface area contributed by atoms with Crippen LogP contribution in [0.25, 0.3) is 0 Å². The van der Waals surface area contributed by atoms with Crippen molar-refractivity contribution in [2.24, 2.45) is 11.3 Å². The van der Waals surface area contributed by atoms with Gasteiger partial charge in [0.15, 0.2) is 0 Å². The summed E-state index contributed by atoms with van der Waals surface area (Å²) in [5.74, 6) is -0.963. The standard InChI is InChI=1S/C14H26N2O4/c1-10(14(2,3)4)9-15-13(20)16-11(17)7-5-6-8-12(18)19/h10H,5-9H2,1-4H3,(H,18,19)(H2,15,16,17,20). The Bertz CT molecular complexity index is 348. The normalized spacial score (nSPS) is 12.6. The van der Waals surface area contributed by atoms with Crippen LogP contribution in [0.5, 0.6) is 0 Å². The Hall–Kier alpha value is -1.59. The molecule has 0 aliphatic heterocycles. The predicted molar refractivity (Wildman–Crippen MR) is 76.3 cm³/mol. The van der Waals surface area contributed by atoms with E-state index in [1.165, 1.54) is 0 Å². The van der Waals surface area contributed by atoms with E-state index < -0.39 is 12.0 Å². The van der Waals surface area contributed by atoms with Crippen LogP contribution in [0.1, 0.15) is 53.4 Å². The van der Waals surface area contributed by atoms with Gasteiger partial charge in [0.05, 0.1) is 0 Å². The van der Waals surface area contributed by atoms with Crippen LogP contribution in [0.2, 0.25) is 0 Å². The highest BCUT2D eigenvalue weighted by atomic mass is 16.4. The summed E-state index contributed by atoms with van der Waals surface area (Å²) in [6.45, 7) is 8.80. The lowest BCUT2D eigenvalue weighted by molar-refractivity contribution is -0.137. The fourth-order valence-electron chi connectivity index (χ4n) is 1.35. The molecule has 0 spiro atoms. The number of carbonyl (C=O) groups is 3. The summed E-state index contributed by atoms with van der Waals surface area (Å²) >= 11 is 0. The largest absolute Gasteiger partial charge is 0.481 e. The second-order valence-corrected chi connectivity index (χ2v) is 6.13. The summed E-state index contributed by atoms with van der Waals surface area (Å²) in [6, 6.07) is -0.496. The molecule has 0 fully saturated rings. The lowest BCUT2D eigenvalue weighted by Crippen LogP contribution is -2.42. The number of imide groups is 1. The van der Waals surface area contributed by atoms with E-state index in [1.54, 1.807) is 0 Å². The van der Waals surface area contributed by atoms with E-state index in [2.05, 4.69) is 31.4 Å². The fourth-order valence-corrected chi connectivity index (χ4v) is 1.35. The first kappa shape index (κ1) is 18.4. The number of rotatable bonds is 7. The number of amides is 3. The van der Waals surface area contributed by atoms with E-state index in [0.29, 0.717) is 25.3 Å². The molecule has 0 aromatic carbocycles. The number of carbonyl (C=O) groups excluding carboxylic acids is 2. The molecule has 1 atom stereocenters. The Labute approximate surface area is 120 Å². The Morgan fingerprint density at radius 1 is 1.10 bits per heavy atom. The smallest absolute Gasteiger partial charge is 0.321 e. The van der Waals surface area contributed by atoms with Crippen LogP contribution >= 0.6 is 0 Å². The maximum atomic E-state index is 11.5. The second kappa shape index (κ2) is 8.55. The molecular weight excluding hydrogens is 260 g/mol. The topological polar surface area (TPSA) is 95.5 Å². The zero-order valence-electron chi connectivity index (χ0n) is 12.8. The summed E-state index contributed by atoms with van der Waals surface area (Å²) in [6.07, 6.45) is 1.10. The van der Waals surface area contributed by atoms with Crippen molar-refractivity contribution < 1.29 is 19.5 Å². The predicted octanol–water partition coefficient (Wildman–Crippen LogP) is 2.14. The maximum absolute atomic E-state index is 11.5. The van der Waals surface area contributed by atoms with Crippen LogP contribution in [-0.2, 0) is 9.59 Å². The monoisotopic (exact) mass is 286 g/mol. The Balaban J connectivity index is 3.80. The number of nitrogens with one attached hydrogen (secondary N) is 2. The molecule has 6 nitrogen and oxygen atoms in total. The van der Waals surface area contributed by atoms with Crippen LogP contribution in [0.4, 0.5) is 4.79 Å². The Kier molecular flexibility index (Phi) is 7.87. The van der Waals surface area contributed by atoms with Crippen LogP contribution < -0.4 is 10.6 Å². The summed E-state index contributed by atoms with van der Waals surface area (Å²) in [7, 11) is 0. The van der Waals surface area contributed by atoms with Gasteiger partial charge in [-0.1, -0.05) is 27.7 Å². The minimum atomic E-state index is -0.876. The van der Waals surface area contributed by atoms with Crippen LogP contribution in [0, 0.1) is 11.3 Å². The van der Waals surface area contributed by atoms with Gasteiger partial charge in [0.1, 0.15) is 0 Å². The third kappa shape index (κ3) is 9.35. The Morgan fingerprint density at radius 2 is 1.65 bits per heavy atom. The molecule has 1 unspecified atom stereocenters. The van der Waals surface area contributed by atoms with E-state index in [1.807, 2.05) is 6.92 Å². The number of urea groups is 1. The first-order valence-electron chi connectivity index (χ1n) is 6.92. The molecule has 0 aliphatic carbocycles. The van der Waals surface area contributed by atoms with E-state index >= 15 is 0 Å². The van der Waals surface area contributed by atoms with Crippen molar-refractivity contribution in [2.75, 3.05) is 6.54 Å². The minimum absolute atomic E-state index is 0.0442. The van der Waals surface area contributed by atoms with Crippen molar-refractivity contribution in [1.29, 1.82) is 0 Å². The van der Waals surface area contributed by atoms with Crippen LogP contribution in [0.3, 0.4) is 0 Å².